The third kappa shape index (κ3) is 2.38. The molecule has 0 aromatic rings. The average molecular weight is 338 g/mol. The lowest BCUT2D eigenvalue weighted by Gasteiger charge is -2.55. The minimum atomic E-state index is -0.0761. The maximum absolute atomic E-state index is 12.0. The molecule has 3 fully saturated rings. The van der Waals surface area contributed by atoms with Gasteiger partial charge in [-0.25, -0.2) is 0 Å². The van der Waals surface area contributed by atoms with Crippen molar-refractivity contribution < 1.29 is 4.79 Å². The van der Waals surface area contributed by atoms with Gasteiger partial charge < -0.3 is 0 Å². The molecule has 134 valence electrons. The van der Waals surface area contributed by atoms with Crippen molar-refractivity contribution in [3.05, 3.63) is 23.8 Å². The summed E-state index contributed by atoms with van der Waals surface area (Å²) in [7, 11) is 0. The molecule has 2 nitrogen and oxygen atoms in total. The summed E-state index contributed by atoms with van der Waals surface area (Å²) in [6.07, 6.45) is 11.1. The van der Waals surface area contributed by atoms with Crippen molar-refractivity contribution in [3.8, 4) is 6.07 Å². The monoisotopic (exact) mass is 337 g/mol. The second-order valence-electron chi connectivity index (χ2n) is 9.23. The van der Waals surface area contributed by atoms with Gasteiger partial charge in [-0.05, 0) is 93.0 Å². The molecule has 1 unspecified atom stereocenters. The van der Waals surface area contributed by atoms with Crippen LogP contribution in [0.25, 0.3) is 0 Å². The minimum absolute atomic E-state index is 0.0761. The fraction of sp³-hybridized carbons (Fsp3) is 0.739. The molecule has 0 radical (unpaired) electrons. The van der Waals surface area contributed by atoms with E-state index in [0.29, 0.717) is 29.6 Å². The molecule has 0 aromatic carbocycles. The first-order valence-electron chi connectivity index (χ1n) is 10.3. The van der Waals surface area contributed by atoms with Gasteiger partial charge in [0, 0.05) is 6.42 Å². The van der Waals surface area contributed by atoms with Crippen LogP contribution in [0.2, 0.25) is 0 Å². The van der Waals surface area contributed by atoms with Crippen molar-refractivity contribution in [1.82, 2.24) is 0 Å². The van der Waals surface area contributed by atoms with Crippen LogP contribution in [0.15, 0.2) is 23.8 Å². The van der Waals surface area contributed by atoms with E-state index in [1.807, 2.05) is 6.08 Å². The first kappa shape index (κ1) is 17.1. The first-order chi connectivity index (χ1) is 12.0. The molecule has 0 amide bonds. The summed E-state index contributed by atoms with van der Waals surface area (Å²) in [5, 5.41) is 9.70. The Morgan fingerprint density at radius 2 is 2.12 bits per heavy atom. The molecule has 0 aliphatic heterocycles. The summed E-state index contributed by atoms with van der Waals surface area (Å²) in [4.78, 5) is 12.0. The van der Waals surface area contributed by atoms with Crippen LogP contribution in [0.5, 0.6) is 0 Å². The summed E-state index contributed by atoms with van der Waals surface area (Å²) in [6.45, 7) is 8.96. The van der Waals surface area contributed by atoms with Crippen molar-refractivity contribution in [2.24, 2.45) is 40.9 Å². The molecule has 25 heavy (non-hydrogen) atoms. The first-order valence-corrected chi connectivity index (χ1v) is 10.3. The zero-order chi connectivity index (χ0) is 17.8. The van der Waals surface area contributed by atoms with Gasteiger partial charge in [0.15, 0.2) is 5.78 Å². The van der Waals surface area contributed by atoms with Crippen LogP contribution in [0.1, 0.15) is 65.2 Å². The van der Waals surface area contributed by atoms with E-state index in [1.165, 1.54) is 49.7 Å². The van der Waals surface area contributed by atoms with Gasteiger partial charge in [0.25, 0.3) is 0 Å². The van der Waals surface area contributed by atoms with Gasteiger partial charge in [-0.1, -0.05) is 24.6 Å². The Labute approximate surface area is 152 Å². The topological polar surface area (TPSA) is 40.9 Å². The van der Waals surface area contributed by atoms with Gasteiger partial charge in [0.05, 0.1) is 12.0 Å². The average Bonchev–Trinajstić information content (AvgIpc) is 3.00. The molecule has 4 rings (SSSR count). The van der Waals surface area contributed by atoms with Crippen LogP contribution in [0, 0.1) is 52.3 Å². The summed E-state index contributed by atoms with van der Waals surface area (Å²) < 4.78 is 0. The normalized spacial score (nSPS) is 45.6. The second-order valence-corrected chi connectivity index (χ2v) is 9.23. The van der Waals surface area contributed by atoms with Crippen LogP contribution < -0.4 is 0 Å². The predicted octanol–water partition coefficient (Wildman–Crippen LogP) is 5.46. The van der Waals surface area contributed by atoms with Gasteiger partial charge in [0.2, 0.25) is 0 Å². The van der Waals surface area contributed by atoms with Crippen LogP contribution in [-0.4, -0.2) is 5.78 Å². The number of carbonyl (C=O) groups excluding carboxylic acids is 1. The SMILES string of the molecule is C=C(C)[C@@H]1CC[C@H]2[C@@H]3CCC4=CC(=O)CC(C#N)[C@@H]4[C@H]3CC[C@]12CC. The lowest BCUT2D eigenvalue weighted by Crippen LogP contribution is -2.49. The van der Waals surface area contributed by atoms with Gasteiger partial charge in [-0.15, -0.1) is 0 Å². The van der Waals surface area contributed by atoms with Crippen molar-refractivity contribution in [2.45, 2.75) is 65.2 Å². The number of hydrogen-bond acceptors (Lipinski definition) is 2. The summed E-state index contributed by atoms with van der Waals surface area (Å²) in [5.74, 6) is 3.35. The number of nitriles is 1. The van der Waals surface area contributed by atoms with E-state index in [4.69, 9.17) is 0 Å². The molecular weight excluding hydrogens is 306 g/mol. The van der Waals surface area contributed by atoms with E-state index < -0.39 is 0 Å². The number of ketones is 1. The number of fused-ring (bicyclic) bond motifs is 5. The molecule has 0 spiro atoms. The lowest BCUT2D eigenvalue weighted by molar-refractivity contribution is -0.117. The Morgan fingerprint density at radius 1 is 1.32 bits per heavy atom. The minimum Gasteiger partial charge on any atom is -0.295 e. The third-order valence-electron chi connectivity index (χ3n) is 8.48. The fourth-order valence-corrected chi connectivity index (χ4v) is 7.65. The highest BCUT2D eigenvalue weighted by atomic mass is 16.1. The molecular formula is C23H31NO. The molecule has 0 heterocycles. The highest BCUT2D eigenvalue weighted by Gasteiger charge is 2.58. The van der Waals surface area contributed by atoms with Crippen molar-refractivity contribution in [3.63, 3.8) is 0 Å². The predicted molar refractivity (Wildman–Crippen MR) is 99.5 cm³/mol. The summed E-state index contributed by atoms with van der Waals surface area (Å²) in [5.41, 5.74) is 3.15. The van der Waals surface area contributed by atoms with Gasteiger partial charge >= 0.3 is 0 Å². The molecule has 4 aliphatic carbocycles. The standard InChI is InChI=1S/C23H31NO/c1-4-23-10-9-19-18(21(23)8-7-20(23)14(2)3)6-5-15-11-17(25)12-16(13-24)22(15)19/h11,16,18-22H,2,4-10,12H2,1,3H3/t16?,18-,19+,20+,21+,22-,23-/m1/s1. The van der Waals surface area contributed by atoms with Crippen LogP contribution in [0.4, 0.5) is 0 Å². The number of rotatable bonds is 2. The van der Waals surface area contributed by atoms with Gasteiger partial charge in [-0.2, -0.15) is 5.26 Å². The Bertz CT molecular complexity index is 668. The highest BCUT2D eigenvalue weighted by Crippen LogP contribution is 2.66. The molecule has 0 saturated heterocycles. The molecule has 0 N–H and O–H groups in total. The Hall–Kier alpha value is -1.36. The smallest absolute Gasteiger partial charge is 0.156 e. The number of allylic oxidation sites excluding steroid dienone is 2. The van der Waals surface area contributed by atoms with E-state index in [-0.39, 0.29) is 11.7 Å². The van der Waals surface area contributed by atoms with E-state index >= 15 is 0 Å². The zero-order valence-corrected chi connectivity index (χ0v) is 15.8. The van der Waals surface area contributed by atoms with E-state index in [0.717, 1.165) is 18.3 Å². The zero-order valence-electron chi connectivity index (χ0n) is 15.8. The van der Waals surface area contributed by atoms with Crippen LogP contribution in [0.3, 0.4) is 0 Å². The van der Waals surface area contributed by atoms with Crippen LogP contribution >= 0.6 is 0 Å². The fourth-order valence-electron chi connectivity index (χ4n) is 7.65. The maximum Gasteiger partial charge on any atom is 0.156 e. The second kappa shape index (κ2) is 6.11. The third-order valence-corrected chi connectivity index (χ3v) is 8.48. The molecule has 2 heteroatoms. The number of nitrogens with zero attached hydrogens (tertiary/aromatic N) is 1. The Morgan fingerprint density at radius 3 is 2.80 bits per heavy atom. The molecule has 0 aromatic heterocycles. The van der Waals surface area contributed by atoms with E-state index in [1.54, 1.807) is 0 Å². The largest absolute Gasteiger partial charge is 0.295 e. The number of hydrogen-bond donors (Lipinski definition) is 0. The Balaban J connectivity index is 1.68. The van der Waals surface area contributed by atoms with Crippen molar-refractivity contribution in [2.75, 3.05) is 0 Å². The molecule has 3 saturated carbocycles. The van der Waals surface area contributed by atoms with Crippen LogP contribution in [-0.2, 0) is 4.79 Å². The summed E-state index contributed by atoms with van der Waals surface area (Å²) >= 11 is 0. The van der Waals surface area contributed by atoms with Crippen molar-refractivity contribution >= 4 is 5.78 Å². The molecule has 7 atom stereocenters. The number of carbonyl (C=O) groups is 1. The molecule has 4 aliphatic rings. The van der Waals surface area contributed by atoms with E-state index in [9.17, 15) is 10.1 Å². The van der Waals surface area contributed by atoms with Crippen molar-refractivity contribution in [1.29, 1.82) is 5.26 Å². The lowest BCUT2D eigenvalue weighted by atomic mass is 9.48. The van der Waals surface area contributed by atoms with Gasteiger partial charge in [0.1, 0.15) is 0 Å². The van der Waals surface area contributed by atoms with E-state index in [2.05, 4.69) is 26.5 Å². The molecule has 0 bridgehead atoms. The quantitative estimate of drug-likeness (QED) is 0.628. The van der Waals surface area contributed by atoms with Gasteiger partial charge in [-0.3, -0.25) is 4.79 Å². The highest BCUT2D eigenvalue weighted by molar-refractivity contribution is 5.92. The summed E-state index contributed by atoms with van der Waals surface area (Å²) in [6, 6.07) is 2.50. The Kier molecular flexibility index (Phi) is 4.18. The maximum atomic E-state index is 12.0.